The minimum atomic E-state index is -5.40. The summed E-state index contributed by atoms with van der Waals surface area (Å²) in [6.07, 6.45) is -2.88. The molecule has 7 nitrogen and oxygen atoms in total. The van der Waals surface area contributed by atoms with Crippen LogP contribution < -0.4 is 16.1 Å². The molecule has 0 radical (unpaired) electrons. The van der Waals surface area contributed by atoms with Crippen LogP contribution in [0.15, 0.2) is 23.1 Å². The van der Waals surface area contributed by atoms with Crippen molar-refractivity contribution in [3.63, 3.8) is 0 Å². The van der Waals surface area contributed by atoms with E-state index in [-0.39, 0.29) is 34.5 Å². The molecule has 2 aromatic rings. The van der Waals surface area contributed by atoms with Crippen molar-refractivity contribution in [2.24, 2.45) is 17.1 Å². The second-order valence-corrected chi connectivity index (χ2v) is 9.84. The van der Waals surface area contributed by atoms with Crippen LogP contribution in [0.5, 0.6) is 0 Å². The molecule has 1 saturated carbocycles. The molecular weight excluding hydrogens is 458 g/mol. The Morgan fingerprint density at radius 3 is 2.41 bits per heavy atom. The third kappa shape index (κ3) is 4.28. The van der Waals surface area contributed by atoms with E-state index in [1.54, 1.807) is 4.57 Å². The van der Waals surface area contributed by atoms with Gasteiger partial charge in [0.25, 0.3) is 0 Å². The normalized spacial score (nSPS) is 21.1. The van der Waals surface area contributed by atoms with Gasteiger partial charge >= 0.3 is 18.1 Å². The number of benzene rings is 1. The highest BCUT2D eigenvalue weighted by atomic mass is 19.4. The third-order valence-electron chi connectivity index (χ3n) is 6.67. The number of carbonyl (C=O) groups excluding carboxylic acids is 2. The van der Waals surface area contributed by atoms with Crippen LogP contribution in [0, 0.1) is 17.2 Å². The van der Waals surface area contributed by atoms with E-state index in [2.05, 4.69) is 18.6 Å². The van der Waals surface area contributed by atoms with E-state index in [1.807, 2.05) is 11.8 Å². The monoisotopic (exact) mass is 483 g/mol. The van der Waals surface area contributed by atoms with Crippen molar-refractivity contribution in [3.05, 3.63) is 39.9 Å². The van der Waals surface area contributed by atoms with Crippen LogP contribution in [0.4, 0.5) is 23.2 Å². The Bertz CT molecular complexity index is 1230. The maximum Gasteiger partial charge on any atom is 0.491 e. The number of pyridine rings is 1. The number of alkyl halides is 3. The summed E-state index contributed by atoms with van der Waals surface area (Å²) in [5.74, 6) is -5.05. The van der Waals surface area contributed by atoms with Gasteiger partial charge in [-0.15, -0.1) is 0 Å². The highest BCUT2D eigenvalue weighted by molar-refractivity contribution is 6.00. The van der Waals surface area contributed by atoms with Crippen molar-refractivity contribution in [3.8, 4) is 0 Å². The summed E-state index contributed by atoms with van der Waals surface area (Å²) in [6, 6.07) is 2.29. The number of nitrogens with zero attached hydrogens (tertiary/aromatic N) is 2. The molecule has 2 unspecified atom stereocenters. The molecule has 2 fully saturated rings. The van der Waals surface area contributed by atoms with Gasteiger partial charge in [0.2, 0.25) is 5.43 Å². The summed E-state index contributed by atoms with van der Waals surface area (Å²) in [7, 11) is 0. The molecule has 1 aliphatic heterocycles. The number of fused-ring (bicyclic) bond motifs is 1. The lowest BCUT2D eigenvalue weighted by Gasteiger charge is -2.28. The lowest BCUT2D eigenvalue weighted by atomic mass is 9.78. The zero-order valence-electron chi connectivity index (χ0n) is 18.9. The van der Waals surface area contributed by atoms with Gasteiger partial charge in [-0.3, -0.25) is 4.79 Å². The quantitative estimate of drug-likeness (QED) is 0.406. The van der Waals surface area contributed by atoms with Gasteiger partial charge < -0.3 is 19.9 Å². The predicted octanol–water partition coefficient (Wildman–Crippen LogP) is 3.53. The number of anilines is 1. The van der Waals surface area contributed by atoms with E-state index in [0.29, 0.717) is 31.4 Å². The second-order valence-electron chi connectivity index (χ2n) is 9.84. The first kappa shape index (κ1) is 24.2. The van der Waals surface area contributed by atoms with Gasteiger partial charge in [-0.2, -0.15) is 13.2 Å². The molecule has 1 saturated heterocycles. The van der Waals surface area contributed by atoms with Gasteiger partial charge in [-0.05, 0) is 43.2 Å². The first-order chi connectivity index (χ1) is 15.7. The van der Waals surface area contributed by atoms with Crippen LogP contribution in [0.25, 0.3) is 10.9 Å². The molecule has 0 bridgehead atoms. The molecule has 2 heterocycles. The highest BCUT2D eigenvalue weighted by Crippen LogP contribution is 2.42. The number of hydrogen-bond acceptors (Lipinski definition) is 6. The molecule has 11 heteroatoms. The number of nitrogens with two attached hydrogens (primary N) is 1. The number of carbonyl (C=O) groups is 2. The van der Waals surface area contributed by atoms with Gasteiger partial charge in [0.1, 0.15) is 11.4 Å². The van der Waals surface area contributed by atoms with Crippen molar-refractivity contribution in [2.75, 3.05) is 18.0 Å². The van der Waals surface area contributed by atoms with E-state index < -0.39 is 34.9 Å². The van der Waals surface area contributed by atoms with E-state index in [1.165, 1.54) is 6.07 Å². The van der Waals surface area contributed by atoms with Crippen molar-refractivity contribution in [1.29, 1.82) is 0 Å². The van der Waals surface area contributed by atoms with Gasteiger partial charge in [0, 0.05) is 36.8 Å². The topological polar surface area (TPSA) is 94.6 Å². The van der Waals surface area contributed by atoms with Gasteiger partial charge in [-0.1, -0.05) is 13.8 Å². The molecule has 4 rings (SSSR count). The van der Waals surface area contributed by atoms with Crippen LogP contribution in [-0.2, 0) is 9.53 Å². The molecule has 1 aromatic heterocycles. The number of halogens is 4. The maximum absolute atomic E-state index is 15.2. The molecule has 2 N–H and O–H groups in total. The Balaban J connectivity index is 1.79. The molecular formula is C23H25F4N3O4. The standard InChI is InChI=1S/C23H25F4N3O4/c1-11(28)15-9-29(10-22(15,2)3)18-7-17-13(6-16(18)24)19(31)14(8-30(17)12-4-5-12)20(32)34-21(33)23(25,26)27/h6-8,11-12,15H,4-5,9-10,28H2,1-3H3. The Morgan fingerprint density at radius 1 is 1.24 bits per heavy atom. The zero-order chi connectivity index (χ0) is 25.2. The Labute approximate surface area is 192 Å². The second kappa shape index (κ2) is 8.07. The fraction of sp³-hybridized carbons (Fsp3) is 0.522. The molecule has 1 aromatic carbocycles. The molecule has 0 amide bonds. The van der Waals surface area contributed by atoms with Crippen LogP contribution in [-0.4, -0.2) is 41.8 Å². The van der Waals surface area contributed by atoms with E-state index in [4.69, 9.17) is 5.73 Å². The van der Waals surface area contributed by atoms with Crippen LogP contribution in [0.3, 0.4) is 0 Å². The Hall–Kier alpha value is -2.95. The largest absolute Gasteiger partial charge is 0.491 e. The maximum atomic E-state index is 15.2. The van der Waals surface area contributed by atoms with Crippen molar-refractivity contribution < 1.29 is 31.9 Å². The molecule has 2 atom stereocenters. The van der Waals surface area contributed by atoms with Crippen molar-refractivity contribution in [2.45, 2.75) is 51.9 Å². The van der Waals surface area contributed by atoms with Gasteiger partial charge in [-0.25, -0.2) is 14.0 Å². The van der Waals surface area contributed by atoms with Crippen LogP contribution >= 0.6 is 0 Å². The number of hydrogen-bond donors (Lipinski definition) is 1. The van der Waals surface area contributed by atoms with Crippen molar-refractivity contribution in [1.82, 2.24) is 4.57 Å². The number of esters is 2. The first-order valence-electron chi connectivity index (χ1n) is 10.9. The summed E-state index contributed by atoms with van der Waals surface area (Å²) in [5.41, 5.74) is 4.82. The summed E-state index contributed by atoms with van der Waals surface area (Å²) in [4.78, 5) is 38.1. The highest BCUT2D eigenvalue weighted by Gasteiger charge is 2.44. The summed E-state index contributed by atoms with van der Waals surface area (Å²) in [6.45, 7) is 7.08. The fourth-order valence-electron chi connectivity index (χ4n) is 4.82. The molecule has 34 heavy (non-hydrogen) atoms. The average molecular weight is 483 g/mol. The summed E-state index contributed by atoms with van der Waals surface area (Å²) < 4.78 is 58.2. The fourth-order valence-corrected chi connectivity index (χ4v) is 4.82. The average Bonchev–Trinajstić information content (AvgIpc) is 3.50. The number of rotatable bonds is 4. The minimum Gasteiger partial charge on any atom is -0.382 e. The SMILES string of the molecule is CC(N)C1CN(c2cc3c(cc2F)c(=O)c(C(=O)OC(=O)C(F)(F)F)cn3C2CC2)CC1(C)C. The van der Waals surface area contributed by atoms with Gasteiger partial charge in [0.05, 0.1) is 11.2 Å². The van der Waals surface area contributed by atoms with Gasteiger partial charge in [0.15, 0.2) is 0 Å². The molecule has 1 aliphatic carbocycles. The Morgan fingerprint density at radius 2 is 1.88 bits per heavy atom. The number of aromatic nitrogens is 1. The lowest BCUT2D eigenvalue weighted by molar-refractivity contribution is -0.193. The third-order valence-corrected chi connectivity index (χ3v) is 6.67. The van der Waals surface area contributed by atoms with Crippen LogP contribution in [0.2, 0.25) is 0 Å². The lowest BCUT2D eigenvalue weighted by Crippen LogP contribution is -2.36. The molecule has 184 valence electrons. The first-order valence-corrected chi connectivity index (χ1v) is 10.9. The smallest absolute Gasteiger partial charge is 0.382 e. The van der Waals surface area contributed by atoms with E-state index in [0.717, 1.165) is 12.3 Å². The minimum absolute atomic E-state index is 0.108. The Kier molecular flexibility index (Phi) is 5.74. The summed E-state index contributed by atoms with van der Waals surface area (Å²) in [5, 5.41) is -0.177. The van der Waals surface area contributed by atoms with E-state index in [9.17, 15) is 27.6 Å². The predicted molar refractivity (Wildman–Crippen MR) is 116 cm³/mol. The molecule has 2 aliphatic rings. The molecule has 0 spiro atoms. The number of ether oxygens (including phenoxy) is 1. The van der Waals surface area contributed by atoms with Crippen molar-refractivity contribution >= 4 is 28.5 Å². The summed E-state index contributed by atoms with van der Waals surface area (Å²) >= 11 is 0. The van der Waals surface area contributed by atoms with E-state index >= 15 is 4.39 Å². The van der Waals surface area contributed by atoms with Crippen LogP contribution in [0.1, 0.15) is 50.0 Å². The zero-order valence-corrected chi connectivity index (χ0v) is 18.9.